The van der Waals surface area contributed by atoms with Gasteiger partial charge in [0, 0.05) is 0 Å². The number of hydrogen-bond donors (Lipinski definition) is 0. The minimum Gasteiger partial charge on any atom is -0.376 e. The molecular weight excluding hydrogens is 224 g/mol. The van der Waals surface area contributed by atoms with Crippen LogP contribution in [0.15, 0.2) is 0 Å². The molecule has 2 aliphatic rings. The van der Waals surface area contributed by atoms with Crippen molar-refractivity contribution in [3.8, 4) is 0 Å². The summed E-state index contributed by atoms with van der Waals surface area (Å²) in [5.74, 6) is 0. The number of hydrogen-bond acceptors (Lipinski definition) is 2. The predicted octanol–water partition coefficient (Wildman–Crippen LogP) is 4.95. The average molecular weight is 258 g/mol. The lowest BCUT2D eigenvalue weighted by Crippen LogP contribution is -2.24. The molecule has 0 amide bonds. The summed E-state index contributed by atoms with van der Waals surface area (Å²) in [6.07, 6.45) is 11.3. The quantitative estimate of drug-likeness (QED) is 0.710. The Morgan fingerprint density at radius 1 is 0.667 bits per heavy atom. The molecule has 0 aromatic carbocycles. The van der Waals surface area contributed by atoms with Crippen LogP contribution in [0.25, 0.3) is 0 Å². The zero-order valence-corrected chi connectivity index (χ0v) is 12.1. The van der Waals surface area contributed by atoms with Crippen LogP contribution in [0.2, 0.25) is 0 Å². The van der Waals surface area contributed by atoms with Crippen molar-refractivity contribution < 1.29 is 9.47 Å². The topological polar surface area (TPSA) is 18.5 Å². The maximum absolute atomic E-state index is 5.61. The molecular formula is C16H34O2. The summed E-state index contributed by atoms with van der Waals surface area (Å²) < 4.78 is 11.1. The van der Waals surface area contributed by atoms with Crippen molar-refractivity contribution in [2.24, 2.45) is 0 Å². The van der Waals surface area contributed by atoms with Gasteiger partial charge in [0.05, 0.1) is 24.4 Å². The summed E-state index contributed by atoms with van der Waals surface area (Å²) >= 11 is 0. The minimum atomic E-state index is 0. The first-order valence-corrected chi connectivity index (χ1v) is 7.39. The molecule has 18 heavy (non-hydrogen) atoms. The van der Waals surface area contributed by atoms with Gasteiger partial charge in [-0.05, 0) is 59.8 Å². The monoisotopic (exact) mass is 258 g/mol. The van der Waals surface area contributed by atoms with Crippen molar-refractivity contribution in [3.63, 3.8) is 0 Å². The zero-order chi connectivity index (χ0) is 12.7. The van der Waals surface area contributed by atoms with Gasteiger partial charge in [-0.2, -0.15) is 0 Å². The SMILES string of the molecule is C.CC(C)OC1CCC1.CC(C)OC1CCCC1. The third kappa shape index (κ3) is 8.10. The van der Waals surface area contributed by atoms with Gasteiger partial charge < -0.3 is 9.47 Å². The van der Waals surface area contributed by atoms with E-state index < -0.39 is 0 Å². The van der Waals surface area contributed by atoms with Crippen molar-refractivity contribution in [2.45, 2.75) is 104 Å². The van der Waals surface area contributed by atoms with Crippen LogP contribution in [0.4, 0.5) is 0 Å². The van der Waals surface area contributed by atoms with Gasteiger partial charge in [-0.3, -0.25) is 0 Å². The average Bonchev–Trinajstić information content (AvgIpc) is 2.64. The predicted molar refractivity (Wildman–Crippen MR) is 79.1 cm³/mol. The number of ether oxygens (including phenoxy) is 2. The van der Waals surface area contributed by atoms with Crippen molar-refractivity contribution >= 4 is 0 Å². The standard InChI is InChI=1S/C8H16O.C7H14O.CH4/c1-7(2)9-8-5-3-4-6-8;1-6(2)8-7-4-3-5-7;/h7-8H,3-6H2,1-2H3;6-7H,3-5H2,1-2H3;1H4. The molecule has 2 saturated carbocycles. The lowest BCUT2D eigenvalue weighted by Gasteiger charge is -2.27. The van der Waals surface area contributed by atoms with Crippen LogP contribution < -0.4 is 0 Å². The molecule has 0 spiro atoms. The second kappa shape index (κ2) is 9.80. The molecule has 0 atom stereocenters. The van der Waals surface area contributed by atoms with E-state index in [2.05, 4.69) is 27.7 Å². The number of rotatable bonds is 4. The summed E-state index contributed by atoms with van der Waals surface area (Å²) in [4.78, 5) is 0. The van der Waals surface area contributed by atoms with Gasteiger partial charge in [0.25, 0.3) is 0 Å². The second-order valence-corrected chi connectivity index (χ2v) is 5.83. The highest BCUT2D eigenvalue weighted by atomic mass is 16.5. The summed E-state index contributed by atoms with van der Waals surface area (Å²) in [6.45, 7) is 8.41. The van der Waals surface area contributed by atoms with Crippen LogP contribution in [0, 0.1) is 0 Å². The first kappa shape index (κ1) is 17.9. The first-order valence-electron chi connectivity index (χ1n) is 7.39. The van der Waals surface area contributed by atoms with E-state index in [0.29, 0.717) is 24.4 Å². The fourth-order valence-electron chi connectivity index (χ4n) is 2.30. The summed E-state index contributed by atoms with van der Waals surface area (Å²) in [5.41, 5.74) is 0. The summed E-state index contributed by atoms with van der Waals surface area (Å²) in [6, 6.07) is 0. The van der Waals surface area contributed by atoms with Crippen LogP contribution in [-0.2, 0) is 9.47 Å². The van der Waals surface area contributed by atoms with Gasteiger partial charge in [0.1, 0.15) is 0 Å². The zero-order valence-electron chi connectivity index (χ0n) is 12.1. The Balaban J connectivity index is 0.000000306. The molecule has 0 N–H and O–H groups in total. The molecule has 2 fully saturated rings. The molecule has 0 aromatic heterocycles. The molecule has 2 aliphatic carbocycles. The maximum Gasteiger partial charge on any atom is 0.0578 e. The van der Waals surface area contributed by atoms with Gasteiger partial charge in [-0.25, -0.2) is 0 Å². The van der Waals surface area contributed by atoms with E-state index in [1.54, 1.807) is 0 Å². The van der Waals surface area contributed by atoms with E-state index in [-0.39, 0.29) is 7.43 Å². The van der Waals surface area contributed by atoms with Crippen molar-refractivity contribution in [3.05, 3.63) is 0 Å². The van der Waals surface area contributed by atoms with E-state index in [1.807, 2.05) is 0 Å². The molecule has 110 valence electrons. The molecule has 0 heterocycles. The third-order valence-electron chi connectivity index (χ3n) is 3.28. The van der Waals surface area contributed by atoms with E-state index in [9.17, 15) is 0 Å². The Labute approximate surface area is 114 Å². The van der Waals surface area contributed by atoms with E-state index in [4.69, 9.17) is 9.47 Å². The molecule has 0 bridgehead atoms. The van der Waals surface area contributed by atoms with Gasteiger partial charge >= 0.3 is 0 Å². The Morgan fingerprint density at radius 3 is 1.22 bits per heavy atom. The van der Waals surface area contributed by atoms with Crippen molar-refractivity contribution in [1.29, 1.82) is 0 Å². The normalized spacial score (nSPS) is 20.3. The smallest absolute Gasteiger partial charge is 0.0578 e. The summed E-state index contributed by atoms with van der Waals surface area (Å²) in [5, 5.41) is 0. The van der Waals surface area contributed by atoms with Crippen LogP contribution in [0.3, 0.4) is 0 Å². The van der Waals surface area contributed by atoms with Crippen LogP contribution in [0.1, 0.15) is 80.1 Å². The molecule has 0 radical (unpaired) electrons. The van der Waals surface area contributed by atoms with Gasteiger partial charge in [0.15, 0.2) is 0 Å². The van der Waals surface area contributed by atoms with E-state index in [1.165, 1.54) is 44.9 Å². The highest BCUT2D eigenvalue weighted by molar-refractivity contribution is 4.69. The van der Waals surface area contributed by atoms with Crippen LogP contribution >= 0.6 is 0 Å². The first-order chi connectivity index (χ1) is 8.08. The molecule has 0 aliphatic heterocycles. The van der Waals surface area contributed by atoms with E-state index in [0.717, 1.165) is 0 Å². The maximum atomic E-state index is 5.61. The summed E-state index contributed by atoms with van der Waals surface area (Å²) in [7, 11) is 0. The van der Waals surface area contributed by atoms with Gasteiger partial charge in [-0.1, -0.05) is 20.3 Å². The molecule has 0 unspecified atom stereocenters. The van der Waals surface area contributed by atoms with E-state index >= 15 is 0 Å². The molecule has 0 aromatic rings. The third-order valence-corrected chi connectivity index (χ3v) is 3.28. The molecule has 2 rings (SSSR count). The van der Waals surface area contributed by atoms with Gasteiger partial charge in [0.2, 0.25) is 0 Å². The van der Waals surface area contributed by atoms with Crippen LogP contribution in [0.5, 0.6) is 0 Å². The highest BCUT2D eigenvalue weighted by Gasteiger charge is 2.18. The van der Waals surface area contributed by atoms with Crippen LogP contribution in [-0.4, -0.2) is 24.4 Å². The van der Waals surface area contributed by atoms with Gasteiger partial charge in [-0.15, -0.1) is 0 Å². The van der Waals surface area contributed by atoms with Crippen molar-refractivity contribution in [2.75, 3.05) is 0 Å². The second-order valence-electron chi connectivity index (χ2n) is 5.83. The Hall–Kier alpha value is -0.0800. The molecule has 2 nitrogen and oxygen atoms in total. The largest absolute Gasteiger partial charge is 0.376 e. The Kier molecular flexibility index (Phi) is 9.76. The fraction of sp³-hybridized carbons (Fsp3) is 1.00. The Morgan fingerprint density at radius 2 is 1.00 bits per heavy atom. The lowest BCUT2D eigenvalue weighted by atomic mass is 9.96. The minimum absolute atomic E-state index is 0. The molecule has 2 heteroatoms. The lowest BCUT2D eigenvalue weighted by molar-refractivity contribution is -0.0347. The highest BCUT2D eigenvalue weighted by Crippen LogP contribution is 2.23. The fourth-order valence-corrected chi connectivity index (χ4v) is 2.30. The Bertz CT molecular complexity index is 180. The van der Waals surface area contributed by atoms with Crippen molar-refractivity contribution in [1.82, 2.24) is 0 Å². The molecule has 0 saturated heterocycles.